The third kappa shape index (κ3) is 4.97. The zero-order valence-corrected chi connectivity index (χ0v) is 14.2. The lowest BCUT2D eigenvalue weighted by molar-refractivity contribution is -0.121. The average molecular weight is 321 g/mol. The van der Waals surface area contributed by atoms with Gasteiger partial charge in [0.05, 0.1) is 5.92 Å². The van der Waals surface area contributed by atoms with Crippen LogP contribution >= 0.6 is 0 Å². The van der Waals surface area contributed by atoms with Gasteiger partial charge in [0.1, 0.15) is 0 Å². The first-order valence-electron chi connectivity index (χ1n) is 8.37. The van der Waals surface area contributed by atoms with Crippen molar-refractivity contribution < 1.29 is 9.59 Å². The highest BCUT2D eigenvalue weighted by Gasteiger charge is 2.28. The fraction of sp³-hybridized carbons (Fsp3) is 0.688. The summed E-state index contributed by atoms with van der Waals surface area (Å²) in [6.07, 6.45) is 2.48. The number of anilines is 1. The lowest BCUT2D eigenvalue weighted by Gasteiger charge is -2.32. The number of aromatic nitrogens is 2. The quantitative estimate of drug-likeness (QED) is 0.774. The van der Waals surface area contributed by atoms with Crippen LogP contribution in [0.25, 0.3) is 0 Å². The first kappa shape index (κ1) is 17.3. The second kappa shape index (κ2) is 7.99. The number of hydrogen-bond donors (Lipinski definition) is 3. The van der Waals surface area contributed by atoms with Crippen molar-refractivity contribution in [1.29, 1.82) is 0 Å². The fourth-order valence-corrected chi connectivity index (χ4v) is 2.61. The number of piperidine rings is 1. The third-order valence-electron chi connectivity index (χ3n) is 4.00. The number of aryl methyl sites for hydroxylation is 1. The van der Waals surface area contributed by atoms with Crippen molar-refractivity contribution in [3.8, 4) is 0 Å². The van der Waals surface area contributed by atoms with Gasteiger partial charge in [-0.1, -0.05) is 20.8 Å². The molecule has 3 amide bonds. The van der Waals surface area contributed by atoms with Gasteiger partial charge in [0.15, 0.2) is 5.82 Å². The van der Waals surface area contributed by atoms with Crippen molar-refractivity contribution >= 4 is 17.8 Å². The molecule has 1 atom stereocenters. The molecule has 7 heteroatoms. The third-order valence-corrected chi connectivity index (χ3v) is 4.00. The van der Waals surface area contributed by atoms with E-state index in [9.17, 15) is 9.59 Å². The minimum atomic E-state index is -0.185. The Kier molecular flexibility index (Phi) is 6.01. The molecule has 1 aliphatic rings. The Bertz CT molecular complexity index is 540. The molecule has 0 bridgehead atoms. The first-order chi connectivity index (χ1) is 11.0. The predicted octanol–water partition coefficient (Wildman–Crippen LogP) is 1.99. The molecular weight excluding hydrogens is 294 g/mol. The number of aromatic amines is 1. The van der Waals surface area contributed by atoms with Crippen LogP contribution in [0, 0.1) is 11.8 Å². The number of hydrogen-bond acceptors (Lipinski definition) is 3. The average Bonchev–Trinajstić information content (AvgIpc) is 3.00. The van der Waals surface area contributed by atoms with Crippen LogP contribution < -0.4 is 10.6 Å². The molecule has 1 saturated heterocycles. The van der Waals surface area contributed by atoms with Gasteiger partial charge in [-0.05, 0) is 25.2 Å². The maximum atomic E-state index is 12.4. The number of nitrogens with one attached hydrogen (secondary N) is 3. The predicted molar refractivity (Wildman–Crippen MR) is 89.1 cm³/mol. The number of nitrogens with zero attached hydrogens (tertiary/aromatic N) is 2. The Labute approximate surface area is 137 Å². The molecule has 23 heavy (non-hydrogen) atoms. The van der Waals surface area contributed by atoms with Crippen molar-refractivity contribution in [3.05, 3.63) is 11.8 Å². The van der Waals surface area contributed by atoms with E-state index in [0.717, 1.165) is 25.0 Å². The Morgan fingerprint density at radius 2 is 2.26 bits per heavy atom. The SMILES string of the molecule is CCc1cc(NC(=O)C2CCCN(C(=O)NCC(C)C)C2)n[nH]1. The van der Waals surface area contributed by atoms with E-state index in [-0.39, 0.29) is 17.9 Å². The highest BCUT2D eigenvalue weighted by molar-refractivity contribution is 5.92. The van der Waals surface area contributed by atoms with Crippen molar-refractivity contribution in [2.24, 2.45) is 11.8 Å². The van der Waals surface area contributed by atoms with E-state index in [1.165, 1.54) is 0 Å². The summed E-state index contributed by atoms with van der Waals surface area (Å²) in [6, 6.07) is 1.76. The maximum absolute atomic E-state index is 12.4. The topological polar surface area (TPSA) is 90.1 Å². The zero-order valence-electron chi connectivity index (χ0n) is 14.2. The summed E-state index contributed by atoms with van der Waals surface area (Å²) in [5.74, 6) is 0.708. The Balaban J connectivity index is 1.87. The highest BCUT2D eigenvalue weighted by atomic mass is 16.2. The smallest absolute Gasteiger partial charge is 0.317 e. The summed E-state index contributed by atoms with van der Waals surface area (Å²) < 4.78 is 0. The molecule has 2 rings (SSSR count). The molecule has 0 aromatic carbocycles. The van der Waals surface area contributed by atoms with E-state index in [1.807, 2.05) is 13.0 Å². The lowest BCUT2D eigenvalue weighted by atomic mass is 9.97. The highest BCUT2D eigenvalue weighted by Crippen LogP contribution is 2.18. The number of amides is 3. The van der Waals surface area contributed by atoms with E-state index >= 15 is 0 Å². The van der Waals surface area contributed by atoms with E-state index < -0.39 is 0 Å². The molecule has 7 nitrogen and oxygen atoms in total. The molecule has 1 aliphatic heterocycles. The van der Waals surface area contributed by atoms with Gasteiger partial charge in [0.2, 0.25) is 5.91 Å². The Hall–Kier alpha value is -2.05. The van der Waals surface area contributed by atoms with Gasteiger partial charge in [-0.25, -0.2) is 4.79 Å². The van der Waals surface area contributed by atoms with Gasteiger partial charge in [-0.2, -0.15) is 5.10 Å². The molecule has 1 aromatic rings. The number of likely N-dealkylation sites (tertiary alicyclic amines) is 1. The summed E-state index contributed by atoms with van der Waals surface area (Å²) in [7, 11) is 0. The van der Waals surface area contributed by atoms with Gasteiger partial charge in [0, 0.05) is 31.4 Å². The van der Waals surface area contributed by atoms with Gasteiger partial charge in [-0.15, -0.1) is 0 Å². The van der Waals surface area contributed by atoms with Gasteiger partial charge >= 0.3 is 6.03 Å². The van der Waals surface area contributed by atoms with Crippen LogP contribution in [-0.2, 0) is 11.2 Å². The monoisotopic (exact) mass is 321 g/mol. The molecule has 0 saturated carbocycles. The normalized spacial score (nSPS) is 18.1. The number of rotatable bonds is 5. The largest absolute Gasteiger partial charge is 0.338 e. The van der Waals surface area contributed by atoms with Gasteiger partial charge in [0.25, 0.3) is 0 Å². The van der Waals surface area contributed by atoms with Crippen molar-refractivity contribution in [3.63, 3.8) is 0 Å². The summed E-state index contributed by atoms with van der Waals surface area (Å²) in [5, 5.41) is 12.7. The van der Waals surface area contributed by atoms with Gasteiger partial charge < -0.3 is 15.5 Å². The fourth-order valence-electron chi connectivity index (χ4n) is 2.61. The Morgan fingerprint density at radius 3 is 2.91 bits per heavy atom. The molecule has 2 heterocycles. The Morgan fingerprint density at radius 1 is 1.48 bits per heavy atom. The van der Waals surface area contributed by atoms with Crippen molar-refractivity contribution in [1.82, 2.24) is 20.4 Å². The van der Waals surface area contributed by atoms with Crippen LogP contribution in [0.15, 0.2) is 6.07 Å². The van der Waals surface area contributed by atoms with E-state index in [1.54, 1.807) is 4.90 Å². The lowest BCUT2D eigenvalue weighted by Crippen LogP contribution is -2.48. The molecule has 0 spiro atoms. The van der Waals surface area contributed by atoms with E-state index in [0.29, 0.717) is 31.4 Å². The number of H-pyrrole nitrogens is 1. The molecule has 128 valence electrons. The van der Waals surface area contributed by atoms with Crippen LogP contribution in [0.1, 0.15) is 39.3 Å². The summed E-state index contributed by atoms with van der Waals surface area (Å²) in [5.41, 5.74) is 0.985. The van der Waals surface area contributed by atoms with Crippen molar-refractivity contribution in [2.45, 2.75) is 40.0 Å². The maximum Gasteiger partial charge on any atom is 0.317 e. The van der Waals surface area contributed by atoms with Gasteiger partial charge in [-0.3, -0.25) is 9.89 Å². The minimum Gasteiger partial charge on any atom is -0.338 e. The van der Waals surface area contributed by atoms with Crippen LogP contribution in [-0.4, -0.2) is 46.7 Å². The molecule has 0 aliphatic carbocycles. The minimum absolute atomic E-state index is 0.0690. The molecular formula is C16H27N5O2. The molecule has 1 aromatic heterocycles. The standard InChI is InChI=1S/C16H27N5O2/c1-4-13-8-14(20-19-13)18-15(22)12-6-5-7-21(10-12)16(23)17-9-11(2)3/h8,11-12H,4-7,9-10H2,1-3H3,(H,17,23)(H2,18,19,20,22). The van der Waals surface area contributed by atoms with Crippen LogP contribution in [0.5, 0.6) is 0 Å². The molecule has 1 unspecified atom stereocenters. The molecule has 1 fully saturated rings. The van der Waals surface area contributed by atoms with Crippen LogP contribution in [0.3, 0.4) is 0 Å². The zero-order chi connectivity index (χ0) is 16.8. The van der Waals surface area contributed by atoms with Crippen LogP contribution in [0.4, 0.5) is 10.6 Å². The first-order valence-corrected chi connectivity index (χ1v) is 8.37. The van der Waals surface area contributed by atoms with E-state index in [4.69, 9.17) is 0 Å². The van der Waals surface area contributed by atoms with Crippen molar-refractivity contribution in [2.75, 3.05) is 25.0 Å². The van der Waals surface area contributed by atoms with E-state index in [2.05, 4.69) is 34.7 Å². The second-order valence-electron chi connectivity index (χ2n) is 6.49. The summed E-state index contributed by atoms with van der Waals surface area (Å²) >= 11 is 0. The number of carbonyl (C=O) groups excluding carboxylic acids is 2. The second-order valence-corrected chi connectivity index (χ2v) is 6.49. The summed E-state index contributed by atoms with van der Waals surface area (Å²) in [6.45, 7) is 7.95. The van der Waals surface area contributed by atoms with Crippen LogP contribution in [0.2, 0.25) is 0 Å². The number of urea groups is 1. The summed E-state index contributed by atoms with van der Waals surface area (Å²) in [4.78, 5) is 26.2. The molecule has 0 radical (unpaired) electrons. The molecule has 3 N–H and O–H groups in total. The number of carbonyl (C=O) groups is 2.